The molecule has 0 aliphatic carbocycles. The Morgan fingerprint density at radius 1 is 1.06 bits per heavy atom. The number of rotatable bonds is 12. The molecule has 0 aliphatic rings. The lowest BCUT2D eigenvalue weighted by molar-refractivity contribution is -0.119. The lowest BCUT2D eigenvalue weighted by atomic mass is 9.78. The Labute approximate surface area is 193 Å². The molecular formula is C22H27Cl2NO5S. The van der Waals surface area contributed by atoms with E-state index in [4.69, 9.17) is 32.7 Å². The summed E-state index contributed by atoms with van der Waals surface area (Å²) < 4.78 is 35.3. The third kappa shape index (κ3) is 8.00. The maximum Gasteiger partial charge on any atom is 0.209 e. The van der Waals surface area contributed by atoms with E-state index in [0.717, 1.165) is 23.8 Å². The van der Waals surface area contributed by atoms with E-state index >= 15 is 0 Å². The van der Waals surface area contributed by atoms with Gasteiger partial charge in [0.25, 0.3) is 0 Å². The van der Waals surface area contributed by atoms with Crippen LogP contribution in [0.4, 0.5) is 0 Å². The van der Waals surface area contributed by atoms with E-state index in [9.17, 15) is 13.2 Å². The molecule has 0 fully saturated rings. The largest absolute Gasteiger partial charge is 0.492 e. The topological polar surface area (TPSA) is 81.7 Å². The highest BCUT2D eigenvalue weighted by atomic mass is 35.5. The molecule has 0 saturated heterocycles. The zero-order chi connectivity index (χ0) is 23.1. The summed E-state index contributed by atoms with van der Waals surface area (Å²) >= 11 is 12.1. The normalized spacial score (nSPS) is 11.9. The van der Waals surface area contributed by atoms with Gasteiger partial charge in [0.05, 0.1) is 24.4 Å². The molecule has 2 rings (SSSR count). The van der Waals surface area contributed by atoms with Gasteiger partial charge in [-0.05, 0) is 41.8 Å². The number of carbonyl (C=O) groups is 1. The van der Waals surface area contributed by atoms with Crippen LogP contribution in [-0.4, -0.2) is 46.1 Å². The monoisotopic (exact) mass is 487 g/mol. The van der Waals surface area contributed by atoms with Crippen LogP contribution < -0.4 is 14.2 Å². The first kappa shape index (κ1) is 25.5. The van der Waals surface area contributed by atoms with E-state index in [-0.39, 0.29) is 24.3 Å². The average molecular weight is 488 g/mol. The Hall–Kier alpha value is -1.80. The van der Waals surface area contributed by atoms with E-state index in [1.54, 1.807) is 12.1 Å². The van der Waals surface area contributed by atoms with Crippen LogP contribution in [-0.2, 0) is 20.2 Å². The van der Waals surface area contributed by atoms with Gasteiger partial charge in [-0.1, -0.05) is 43.6 Å². The number of carbonyl (C=O) groups excluding carboxylic acids is 1. The fourth-order valence-electron chi connectivity index (χ4n) is 2.80. The maximum absolute atomic E-state index is 11.7. The van der Waals surface area contributed by atoms with Gasteiger partial charge in [-0.2, -0.15) is 0 Å². The summed E-state index contributed by atoms with van der Waals surface area (Å²) in [6.07, 6.45) is 1.75. The van der Waals surface area contributed by atoms with Crippen molar-refractivity contribution in [1.82, 2.24) is 4.72 Å². The van der Waals surface area contributed by atoms with E-state index in [2.05, 4.69) is 18.6 Å². The second-order valence-electron chi connectivity index (χ2n) is 7.61. The Balaban J connectivity index is 2.02. The zero-order valence-electron chi connectivity index (χ0n) is 17.8. The van der Waals surface area contributed by atoms with Crippen LogP contribution >= 0.6 is 23.2 Å². The summed E-state index contributed by atoms with van der Waals surface area (Å²) in [6, 6.07) is 13.1. The predicted octanol–water partition coefficient (Wildman–Crippen LogP) is 4.17. The van der Waals surface area contributed by atoms with Crippen LogP contribution in [0.25, 0.3) is 0 Å². The molecule has 2 aromatic rings. The number of alkyl halides is 1. The molecule has 1 N–H and O–H groups in total. The van der Waals surface area contributed by atoms with Crippen molar-refractivity contribution in [3.05, 3.63) is 58.6 Å². The Morgan fingerprint density at radius 2 is 1.71 bits per heavy atom. The van der Waals surface area contributed by atoms with Gasteiger partial charge in [0.2, 0.25) is 10.0 Å². The van der Waals surface area contributed by atoms with Gasteiger partial charge in [-0.3, -0.25) is 4.79 Å². The Kier molecular flexibility index (Phi) is 9.18. The van der Waals surface area contributed by atoms with Crippen molar-refractivity contribution in [2.24, 2.45) is 0 Å². The van der Waals surface area contributed by atoms with Crippen molar-refractivity contribution in [3.63, 3.8) is 0 Å². The first-order valence-corrected chi connectivity index (χ1v) is 12.5. The molecular weight excluding hydrogens is 461 g/mol. The lowest BCUT2D eigenvalue weighted by Crippen LogP contribution is -2.31. The van der Waals surface area contributed by atoms with E-state index in [1.807, 2.05) is 30.3 Å². The van der Waals surface area contributed by atoms with Crippen molar-refractivity contribution >= 4 is 39.0 Å². The van der Waals surface area contributed by atoms with Gasteiger partial charge in [-0.25, -0.2) is 13.1 Å². The molecule has 31 heavy (non-hydrogen) atoms. The quantitative estimate of drug-likeness (QED) is 0.358. The van der Waals surface area contributed by atoms with Crippen molar-refractivity contribution in [2.75, 3.05) is 31.9 Å². The fourth-order valence-corrected chi connectivity index (χ4v) is 3.57. The van der Waals surface area contributed by atoms with Crippen molar-refractivity contribution in [2.45, 2.75) is 25.7 Å². The molecule has 0 radical (unpaired) electrons. The zero-order valence-corrected chi connectivity index (χ0v) is 20.1. The minimum absolute atomic E-state index is 0.216. The second-order valence-corrected chi connectivity index (χ2v) is 10.2. The Morgan fingerprint density at radius 3 is 2.29 bits per heavy atom. The smallest absolute Gasteiger partial charge is 0.209 e. The van der Waals surface area contributed by atoms with Crippen LogP contribution in [0, 0.1) is 0 Å². The summed E-state index contributed by atoms with van der Waals surface area (Å²) in [6.45, 7) is 4.18. The standard InChI is InChI=1S/C22H27Cl2NO5S/c1-22(2,17-7-10-21(20(24)13-17)29-12-4-11-23)16-5-8-19(9-6-16)30-15-18(26)14-25-31(3,27)28/h5-10,13,25H,4,11-12,14-15H2,1-3H3. The molecule has 0 spiro atoms. The number of Topliss-reactive ketones (excluding diaryl/α,β-unsaturated/α-hetero) is 1. The SMILES string of the molecule is CC(C)(c1ccc(OCC(=O)CNS(C)(=O)=O)cc1)c1ccc(OCCCCl)c(Cl)c1. The highest BCUT2D eigenvalue weighted by molar-refractivity contribution is 7.88. The number of sulfonamides is 1. The average Bonchev–Trinajstić information content (AvgIpc) is 2.71. The van der Waals surface area contributed by atoms with Crippen LogP contribution in [0.15, 0.2) is 42.5 Å². The first-order chi connectivity index (χ1) is 14.5. The van der Waals surface area contributed by atoms with E-state index < -0.39 is 10.0 Å². The molecule has 170 valence electrons. The number of benzene rings is 2. The predicted molar refractivity (Wildman–Crippen MR) is 124 cm³/mol. The van der Waals surface area contributed by atoms with Crippen LogP contribution in [0.3, 0.4) is 0 Å². The molecule has 9 heteroatoms. The highest BCUT2D eigenvalue weighted by Crippen LogP contribution is 2.36. The minimum atomic E-state index is -3.41. The number of ketones is 1. The number of hydrogen-bond acceptors (Lipinski definition) is 5. The van der Waals surface area contributed by atoms with Crippen LogP contribution in [0.5, 0.6) is 11.5 Å². The van der Waals surface area contributed by atoms with Gasteiger partial charge >= 0.3 is 0 Å². The molecule has 6 nitrogen and oxygen atoms in total. The van der Waals surface area contributed by atoms with E-state index in [0.29, 0.717) is 29.0 Å². The molecule has 0 unspecified atom stereocenters. The Bertz CT molecular complexity index is 991. The maximum atomic E-state index is 11.7. The molecule has 0 aliphatic heterocycles. The number of ether oxygens (including phenoxy) is 2. The number of halogens is 2. The van der Waals surface area contributed by atoms with Crippen molar-refractivity contribution in [1.29, 1.82) is 0 Å². The molecule has 0 amide bonds. The second kappa shape index (κ2) is 11.2. The molecule has 0 saturated carbocycles. The summed E-state index contributed by atoms with van der Waals surface area (Å²) in [5.74, 6) is 1.32. The summed E-state index contributed by atoms with van der Waals surface area (Å²) in [4.78, 5) is 11.7. The van der Waals surface area contributed by atoms with Crippen molar-refractivity contribution in [3.8, 4) is 11.5 Å². The summed E-state index contributed by atoms with van der Waals surface area (Å²) in [5.41, 5.74) is 1.74. The molecule has 0 aromatic heterocycles. The summed E-state index contributed by atoms with van der Waals surface area (Å²) in [5, 5.41) is 0.543. The fraction of sp³-hybridized carbons (Fsp3) is 0.409. The van der Waals surface area contributed by atoms with Crippen LogP contribution in [0.1, 0.15) is 31.4 Å². The van der Waals surface area contributed by atoms with Gasteiger partial charge in [0, 0.05) is 11.3 Å². The lowest BCUT2D eigenvalue weighted by Gasteiger charge is -2.27. The van der Waals surface area contributed by atoms with Gasteiger partial charge in [0.1, 0.15) is 18.1 Å². The molecule has 2 aromatic carbocycles. The first-order valence-electron chi connectivity index (χ1n) is 9.71. The van der Waals surface area contributed by atoms with Gasteiger partial charge in [-0.15, -0.1) is 11.6 Å². The minimum Gasteiger partial charge on any atom is -0.492 e. The van der Waals surface area contributed by atoms with Gasteiger partial charge in [0.15, 0.2) is 5.78 Å². The third-order valence-electron chi connectivity index (χ3n) is 4.70. The third-order valence-corrected chi connectivity index (χ3v) is 5.93. The molecule has 0 bridgehead atoms. The highest BCUT2D eigenvalue weighted by Gasteiger charge is 2.24. The summed E-state index contributed by atoms with van der Waals surface area (Å²) in [7, 11) is -3.41. The van der Waals surface area contributed by atoms with Crippen molar-refractivity contribution < 1.29 is 22.7 Å². The van der Waals surface area contributed by atoms with Crippen LogP contribution in [0.2, 0.25) is 5.02 Å². The van der Waals surface area contributed by atoms with E-state index in [1.165, 1.54) is 0 Å². The number of nitrogens with one attached hydrogen (secondary N) is 1. The molecule has 0 heterocycles. The molecule has 0 atom stereocenters. The number of hydrogen-bond donors (Lipinski definition) is 1. The van der Waals surface area contributed by atoms with Gasteiger partial charge < -0.3 is 9.47 Å².